The molecule has 3 heterocycles. The minimum Gasteiger partial charge on any atom is -0.368 e. The summed E-state index contributed by atoms with van der Waals surface area (Å²) in [5, 5.41) is 10.7. The Morgan fingerprint density at radius 1 is 1.26 bits per heavy atom. The summed E-state index contributed by atoms with van der Waals surface area (Å²) < 4.78 is 5.47. The van der Waals surface area contributed by atoms with Gasteiger partial charge >= 0.3 is 0 Å². The van der Waals surface area contributed by atoms with E-state index < -0.39 is 4.92 Å². The molecule has 0 saturated carbocycles. The highest BCUT2D eigenvalue weighted by molar-refractivity contribution is 5.81. The number of rotatable bonds is 3. The number of carbonyl (C=O) groups is 1. The summed E-state index contributed by atoms with van der Waals surface area (Å²) in [7, 11) is 0. The molecule has 8 heteroatoms. The van der Waals surface area contributed by atoms with Gasteiger partial charge in [0.25, 0.3) is 11.6 Å². The number of ether oxygens (including phenoxy) is 1. The van der Waals surface area contributed by atoms with Crippen molar-refractivity contribution >= 4 is 17.4 Å². The first kappa shape index (κ1) is 15.7. The zero-order valence-corrected chi connectivity index (χ0v) is 12.9. The fourth-order valence-electron chi connectivity index (χ4n) is 3.02. The molecule has 0 aromatic carbocycles. The number of hydrogen-bond donors (Lipinski definition) is 0. The molecule has 3 rings (SSSR count). The lowest BCUT2D eigenvalue weighted by Crippen LogP contribution is -2.41. The van der Waals surface area contributed by atoms with Crippen LogP contribution < -0.4 is 4.90 Å². The molecule has 0 spiro atoms. The number of pyridine rings is 1. The van der Waals surface area contributed by atoms with Crippen LogP contribution in [0.3, 0.4) is 0 Å². The molecule has 124 valence electrons. The first-order chi connectivity index (χ1) is 11.1. The third-order valence-corrected chi connectivity index (χ3v) is 4.28. The summed E-state index contributed by atoms with van der Waals surface area (Å²) in [6.45, 7) is 3.45. The number of carbonyl (C=O) groups excluding carboxylic acids is 1. The number of anilines is 1. The minimum absolute atomic E-state index is 0.0150. The smallest absolute Gasteiger partial charge is 0.287 e. The average Bonchev–Trinajstić information content (AvgIpc) is 2.99. The topological polar surface area (TPSA) is 88.8 Å². The van der Waals surface area contributed by atoms with Gasteiger partial charge in [0.15, 0.2) is 0 Å². The lowest BCUT2D eigenvalue weighted by molar-refractivity contribution is -0.385. The maximum atomic E-state index is 12.4. The normalized spacial score (nSPS) is 22.0. The average molecular weight is 320 g/mol. The molecule has 0 bridgehead atoms. The third-order valence-electron chi connectivity index (χ3n) is 4.28. The monoisotopic (exact) mass is 320 g/mol. The summed E-state index contributed by atoms with van der Waals surface area (Å²) in [5.41, 5.74) is -0.0150. The Hall–Kier alpha value is -2.22. The molecule has 8 nitrogen and oxygen atoms in total. The van der Waals surface area contributed by atoms with E-state index in [0.29, 0.717) is 32.1 Å². The van der Waals surface area contributed by atoms with Crippen LogP contribution in [0.2, 0.25) is 0 Å². The zero-order valence-electron chi connectivity index (χ0n) is 12.9. The summed E-state index contributed by atoms with van der Waals surface area (Å²) in [6, 6.07) is 3.12. The second-order valence-electron chi connectivity index (χ2n) is 5.80. The predicted molar refractivity (Wildman–Crippen MR) is 83.3 cm³/mol. The molecule has 1 amide bonds. The molecule has 2 fully saturated rings. The molecule has 1 aromatic rings. The van der Waals surface area contributed by atoms with Crippen molar-refractivity contribution < 1.29 is 14.5 Å². The molecular formula is C15H20N4O4. The maximum Gasteiger partial charge on any atom is 0.287 e. The quantitative estimate of drug-likeness (QED) is 0.614. The van der Waals surface area contributed by atoms with Gasteiger partial charge in [-0.1, -0.05) is 0 Å². The molecular weight excluding hydrogens is 300 g/mol. The van der Waals surface area contributed by atoms with Crippen molar-refractivity contribution in [2.24, 2.45) is 0 Å². The van der Waals surface area contributed by atoms with Gasteiger partial charge in [-0.05, 0) is 25.3 Å². The first-order valence-corrected chi connectivity index (χ1v) is 7.91. The molecule has 1 unspecified atom stereocenters. The van der Waals surface area contributed by atoms with Gasteiger partial charge in [0.1, 0.15) is 18.1 Å². The highest BCUT2D eigenvalue weighted by atomic mass is 16.6. The number of amides is 1. The van der Waals surface area contributed by atoms with E-state index in [2.05, 4.69) is 9.88 Å². The number of nitrogens with zero attached hydrogens (tertiary/aromatic N) is 4. The van der Waals surface area contributed by atoms with Crippen LogP contribution in [0, 0.1) is 10.1 Å². The standard InChI is InChI=1S/C15H20N4O4/c20-15(13-3-1-10-23-13)18-7-2-6-17(8-9-18)14-5-4-12(11-16-14)19(21)22/h4-5,11,13H,1-3,6-10H2. The van der Waals surface area contributed by atoms with E-state index in [0.717, 1.165) is 25.8 Å². The van der Waals surface area contributed by atoms with Crippen LogP contribution in [0.5, 0.6) is 0 Å². The van der Waals surface area contributed by atoms with Gasteiger partial charge in [-0.3, -0.25) is 14.9 Å². The van der Waals surface area contributed by atoms with Crippen molar-refractivity contribution in [1.82, 2.24) is 9.88 Å². The first-order valence-electron chi connectivity index (χ1n) is 7.91. The van der Waals surface area contributed by atoms with Crippen molar-refractivity contribution in [3.05, 3.63) is 28.4 Å². The van der Waals surface area contributed by atoms with Crippen molar-refractivity contribution in [1.29, 1.82) is 0 Å². The SMILES string of the molecule is O=C(C1CCCO1)N1CCCN(c2ccc([N+](=O)[O-])cn2)CC1. The van der Waals surface area contributed by atoms with Gasteiger partial charge in [0.2, 0.25) is 0 Å². The van der Waals surface area contributed by atoms with Gasteiger partial charge in [0, 0.05) is 38.9 Å². The van der Waals surface area contributed by atoms with Crippen molar-refractivity contribution in [2.45, 2.75) is 25.4 Å². The summed E-state index contributed by atoms with van der Waals surface area (Å²) in [6.07, 6.45) is 3.60. The van der Waals surface area contributed by atoms with Gasteiger partial charge < -0.3 is 14.5 Å². The second kappa shape index (κ2) is 6.91. The van der Waals surface area contributed by atoms with Gasteiger partial charge in [-0.2, -0.15) is 0 Å². The van der Waals surface area contributed by atoms with Crippen LogP contribution in [-0.4, -0.2) is 59.6 Å². The van der Waals surface area contributed by atoms with E-state index in [9.17, 15) is 14.9 Å². The highest BCUT2D eigenvalue weighted by Gasteiger charge is 2.29. The Bertz CT molecular complexity index is 571. The van der Waals surface area contributed by atoms with Crippen molar-refractivity contribution in [2.75, 3.05) is 37.7 Å². The lowest BCUT2D eigenvalue weighted by atomic mass is 10.2. The number of nitro groups is 1. The second-order valence-corrected chi connectivity index (χ2v) is 5.80. The van der Waals surface area contributed by atoms with Crippen LogP contribution in [0.15, 0.2) is 18.3 Å². The van der Waals surface area contributed by atoms with Crippen molar-refractivity contribution in [3.63, 3.8) is 0 Å². The highest BCUT2D eigenvalue weighted by Crippen LogP contribution is 2.19. The van der Waals surface area contributed by atoms with Crippen LogP contribution in [0.1, 0.15) is 19.3 Å². The molecule has 0 N–H and O–H groups in total. The largest absolute Gasteiger partial charge is 0.368 e. The van der Waals surface area contributed by atoms with Crippen LogP contribution in [-0.2, 0) is 9.53 Å². The summed E-state index contributed by atoms with van der Waals surface area (Å²) in [5.74, 6) is 0.794. The molecule has 0 aliphatic carbocycles. The summed E-state index contributed by atoms with van der Waals surface area (Å²) >= 11 is 0. The molecule has 1 atom stereocenters. The van der Waals surface area contributed by atoms with Crippen molar-refractivity contribution in [3.8, 4) is 0 Å². The Balaban J connectivity index is 1.61. The predicted octanol–water partition coefficient (Wildman–Crippen LogP) is 1.21. The summed E-state index contributed by atoms with van der Waals surface area (Å²) in [4.78, 5) is 30.7. The van der Waals surface area contributed by atoms with E-state index in [1.807, 2.05) is 4.90 Å². The van der Waals surface area contributed by atoms with Gasteiger partial charge in [-0.25, -0.2) is 4.98 Å². The van der Waals surface area contributed by atoms with E-state index in [1.54, 1.807) is 6.07 Å². The van der Waals surface area contributed by atoms with Crippen LogP contribution in [0.4, 0.5) is 11.5 Å². The third kappa shape index (κ3) is 3.58. The lowest BCUT2D eigenvalue weighted by Gasteiger charge is -2.24. The minimum atomic E-state index is -0.457. The van der Waals surface area contributed by atoms with Gasteiger partial charge in [0.05, 0.1) is 4.92 Å². The Labute approximate surface area is 134 Å². The molecule has 2 saturated heterocycles. The fourth-order valence-corrected chi connectivity index (χ4v) is 3.02. The zero-order chi connectivity index (χ0) is 16.2. The molecule has 0 radical (unpaired) electrons. The van der Waals surface area contributed by atoms with Crippen LogP contribution >= 0.6 is 0 Å². The van der Waals surface area contributed by atoms with E-state index in [4.69, 9.17) is 4.74 Å². The number of aromatic nitrogens is 1. The van der Waals surface area contributed by atoms with E-state index in [1.165, 1.54) is 12.3 Å². The fraction of sp³-hybridized carbons (Fsp3) is 0.600. The molecule has 2 aliphatic rings. The molecule has 23 heavy (non-hydrogen) atoms. The van der Waals surface area contributed by atoms with Crippen LogP contribution in [0.25, 0.3) is 0 Å². The Morgan fingerprint density at radius 2 is 2.13 bits per heavy atom. The molecule has 2 aliphatic heterocycles. The maximum absolute atomic E-state index is 12.4. The van der Waals surface area contributed by atoms with Gasteiger partial charge in [-0.15, -0.1) is 0 Å². The Morgan fingerprint density at radius 3 is 2.78 bits per heavy atom. The Kier molecular flexibility index (Phi) is 4.71. The van der Waals surface area contributed by atoms with E-state index in [-0.39, 0.29) is 17.7 Å². The number of hydrogen-bond acceptors (Lipinski definition) is 6. The molecule has 1 aromatic heterocycles. The van der Waals surface area contributed by atoms with E-state index >= 15 is 0 Å².